The first-order valence-electron chi connectivity index (χ1n) is 23.9. The smallest absolute Gasteiger partial charge is 0.254 e. The summed E-state index contributed by atoms with van der Waals surface area (Å²) in [6.07, 6.45) is 16.6. The summed E-state index contributed by atoms with van der Waals surface area (Å²) < 4.78 is 62.2. The average molecular weight is 1110 g/mol. The average Bonchev–Trinajstić information content (AvgIpc) is 3.96. The highest BCUT2D eigenvalue weighted by molar-refractivity contribution is 8.16. The first-order valence-corrected chi connectivity index (χ1v) is 27.8. The second kappa shape index (κ2) is 25.7. The van der Waals surface area contributed by atoms with Crippen LogP contribution in [0.1, 0.15) is 11.3 Å². The summed E-state index contributed by atoms with van der Waals surface area (Å²) in [7, 11) is 16.6. The minimum atomic E-state index is -3.76. The predicted molar refractivity (Wildman–Crippen MR) is 315 cm³/mol. The Labute approximate surface area is 456 Å². The lowest BCUT2D eigenvalue weighted by atomic mass is 10.0. The maximum atomic E-state index is 12.4. The molecule has 0 radical (unpaired) electrons. The van der Waals surface area contributed by atoms with Crippen LogP contribution in [0.3, 0.4) is 0 Å². The van der Waals surface area contributed by atoms with Crippen LogP contribution in [-0.4, -0.2) is 138 Å². The molecule has 20 nitrogen and oxygen atoms in total. The van der Waals surface area contributed by atoms with Crippen molar-refractivity contribution >= 4 is 98.8 Å². The molecular formula is C54H66ClN14O6S2+. The van der Waals surface area contributed by atoms with E-state index in [1.54, 1.807) is 38.7 Å². The number of halogens is 1. The topological polar surface area (TPSA) is 223 Å². The van der Waals surface area contributed by atoms with Crippen molar-refractivity contribution in [1.82, 2.24) is 38.9 Å². The summed E-state index contributed by atoms with van der Waals surface area (Å²) in [5.41, 5.74) is 17.1. The van der Waals surface area contributed by atoms with Crippen LogP contribution >= 0.6 is 10.7 Å². The summed E-state index contributed by atoms with van der Waals surface area (Å²) >= 11 is 0. The Morgan fingerprint density at radius 1 is 0.714 bits per heavy atom. The fourth-order valence-corrected chi connectivity index (χ4v) is 8.51. The molecule has 7 aromatic rings. The molecule has 5 N–H and O–H groups in total. The fraction of sp³-hybridized carbons (Fsp3) is 0.259. The largest absolute Gasteiger partial charge is 0.494 e. The van der Waals surface area contributed by atoms with Crippen LogP contribution in [0, 0.1) is 6.08 Å². The number of ether oxygens (including phenoxy) is 2. The molecule has 1 aliphatic rings. The minimum absolute atomic E-state index is 0.347. The van der Waals surface area contributed by atoms with Crippen LogP contribution < -0.4 is 40.4 Å². The van der Waals surface area contributed by atoms with E-state index in [1.807, 2.05) is 102 Å². The van der Waals surface area contributed by atoms with Crippen LogP contribution in [-0.2, 0) is 33.2 Å². The van der Waals surface area contributed by atoms with Crippen LogP contribution in [0.25, 0.3) is 45.6 Å². The van der Waals surface area contributed by atoms with Crippen LogP contribution in [0.2, 0.25) is 0 Å². The van der Waals surface area contributed by atoms with Gasteiger partial charge < -0.3 is 50.0 Å². The van der Waals surface area contributed by atoms with E-state index in [4.69, 9.17) is 25.2 Å². The van der Waals surface area contributed by atoms with Crippen LogP contribution in [0.4, 0.5) is 46.0 Å². The Hall–Kier alpha value is -7.98. The summed E-state index contributed by atoms with van der Waals surface area (Å²) in [5.74, 6) is 2.00. The Morgan fingerprint density at radius 3 is 1.81 bits per heavy atom. The number of hydrogen-bond acceptors (Lipinski definition) is 17. The van der Waals surface area contributed by atoms with E-state index in [1.165, 1.54) is 0 Å². The monoisotopic (exact) mass is 1110 g/mol. The number of fused-ring (bicyclic) bond motifs is 2. The van der Waals surface area contributed by atoms with Gasteiger partial charge in [0.05, 0.1) is 71.4 Å². The molecule has 3 aromatic carbocycles. The molecule has 0 bridgehead atoms. The van der Waals surface area contributed by atoms with E-state index >= 15 is 0 Å². The van der Waals surface area contributed by atoms with Gasteiger partial charge in [-0.1, -0.05) is 31.4 Å². The van der Waals surface area contributed by atoms with Crippen molar-refractivity contribution in [2.24, 2.45) is 14.1 Å². The molecule has 0 saturated heterocycles. The molecule has 77 heavy (non-hydrogen) atoms. The van der Waals surface area contributed by atoms with Gasteiger partial charge >= 0.3 is 0 Å². The highest BCUT2D eigenvalue weighted by Gasteiger charge is 2.23. The summed E-state index contributed by atoms with van der Waals surface area (Å²) in [5, 5.41) is 9.13. The fourth-order valence-electron chi connectivity index (χ4n) is 7.95. The lowest BCUT2D eigenvalue weighted by Crippen LogP contribution is -2.29. The summed E-state index contributed by atoms with van der Waals surface area (Å²) in [4.78, 5) is 26.6. The van der Waals surface area contributed by atoms with Gasteiger partial charge in [0.2, 0.25) is 11.9 Å². The van der Waals surface area contributed by atoms with Gasteiger partial charge in [-0.3, -0.25) is 9.29 Å². The van der Waals surface area contributed by atoms with E-state index in [0.717, 1.165) is 75.4 Å². The third-order valence-electron chi connectivity index (χ3n) is 12.0. The lowest BCUT2D eigenvalue weighted by Gasteiger charge is -2.26. The molecule has 23 heteroatoms. The normalized spacial score (nSPS) is 11.6. The van der Waals surface area contributed by atoms with Crippen molar-refractivity contribution < 1.29 is 26.3 Å². The Balaban J connectivity index is 0.000000227. The zero-order valence-electron chi connectivity index (χ0n) is 44.9. The number of allylic oxidation sites excluding steroid dienone is 2. The van der Waals surface area contributed by atoms with Gasteiger partial charge in [0.15, 0.2) is 5.69 Å². The van der Waals surface area contributed by atoms with E-state index < -0.39 is 19.1 Å². The highest BCUT2D eigenvalue weighted by atomic mass is 35.7. The molecular weight excluding hydrogens is 1040 g/mol. The standard InChI is InChI=1S/C27H33N7O3S.C25H30N7O.C2H3ClO2S/c1-7-38(35,36)31-22-16-23(26(37-6)17-25(22)33(4)15-14-32(2)3)30-27-28-13-12-21(29-27)20-18-34(5)24-11-9-8-10-19(20)24;1-30(2)12-13-31(3)23-15-24(33-5)21(14-19(23)26)29-25-27-11-10-20(28-25)18-16-32(4)22-9-7-6-8-17(18)22;1-2-6(3,4)5/h7-13,16-18,31H,1,14-15H2,2-6H3,(H,28,29,30);6,8-11,14-16H,12-13,26H2,1-5H3,(H,27,28,29);2H,1H2/q;+1;. The minimum Gasteiger partial charge on any atom is -0.494 e. The van der Waals surface area contributed by atoms with Crippen LogP contribution in [0.5, 0.6) is 11.5 Å². The molecule has 0 aliphatic heterocycles. The number of sulfonamides is 1. The van der Waals surface area contributed by atoms with E-state index in [-0.39, 0.29) is 0 Å². The number of nitrogens with one attached hydrogen (secondary N) is 3. The number of aromatic nitrogens is 6. The van der Waals surface area contributed by atoms with E-state index in [9.17, 15) is 16.8 Å². The molecule has 4 aromatic heterocycles. The number of para-hydroxylation sites is 1. The predicted octanol–water partition coefficient (Wildman–Crippen LogP) is 8.63. The molecule has 1 aliphatic carbocycles. The highest BCUT2D eigenvalue weighted by Crippen LogP contribution is 2.40. The molecule has 0 spiro atoms. The Bertz CT molecular complexity index is 3510. The zero-order chi connectivity index (χ0) is 56.2. The van der Waals surface area contributed by atoms with Crippen molar-refractivity contribution in [3.63, 3.8) is 0 Å². The molecule has 406 valence electrons. The maximum Gasteiger partial charge on any atom is 0.254 e. The molecule has 8 rings (SSSR count). The van der Waals surface area contributed by atoms with Crippen molar-refractivity contribution in [1.29, 1.82) is 0 Å². The number of rotatable bonds is 20. The maximum absolute atomic E-state index is 12.4. The SMILES string of the molecule is C=CS(=O)(=O)Cl.C=CS(=O)(=O)Nc1cc(Nc2nccc(-c3cn(C)c4ccccc34)n2)c(OC)cc1N(C)CCN(C)C.COc1cc(N(C)CCN(C)C)c(N)cc1Nc1nccc(-c2cn(C)c3c2C=C[C+]=C3)n1. The first-order chi connectivity index (χ1) is 36.5. The number of benzene rings is 3. The molecule has 0 atom stereocenters. The molecule has 0 unspecified atom stereocenters. The quantitative estimate of drug-likeness (QED) is 0.0318. The lowest BCUT2D eigenvalue weighted by molar-refractivity contribution is 0.413. The van der Waals surface area contributed by atoms with Crippen LogP contribution in [0.15, 0.2) is 116 Å². The first kappa shape index (κ1) is 58.3. The van der Waals surface area contributed by atoms with E-state index in [2.05, 4.69) is 118 Å². The van der Waals surface area contributed by atoms with Crippen molar-refractivity contribution in [3.8, 4) is 34.0 Å². The van der Waals surface area contributed by atoms with Gasteiger partial charge in [-0.2, -0.15) is 0 Å². The number of aryl methyl sites for hydroxylation is 2. The van der Waals surface area contributed by atoms with Crippen molar-refractivity contribution in [2.75, 3.05) is 114 Å². The van der Waals surface area contributed by atoms with Crippen molar-refractivity contribution in [3.05, 3.63) is 133 Å². The number of nitrogens with two attached hydrogens (primary N) is 1. The Kier molecular flexibility index (Phi) is 19.5. The van der Waals surface area contributed by atoms with Gasteiger partial charge in [-0.15, -0.1) is 0 Å². The summed E-state index contributed by atoms with van der Waals surface area (Å²) in [6.45, 7) is 9.55. The number of hydrogen-bond donors (Lipinski definition) is 4. The summed E-state index contributed by atoms with van der Waals surface area (Å²) in [6, 6.07) is 19.2. The van der Waals surface area contributed by atoms with Gasteiger partial charge in [-0.25, -0.2) is 36.8 Å². The second-order valence-electron chi connectivity index (χ2n) is 18.1. The number of methoxy groups -OCH3 is 2. The molecule has 0 amide bonds. The molecule has 4 heterocycles. The third-order valence-corrected chi connectivity index (χ3v) is 13.7. The molecule has 0 saturated carbocycles. The van der Waals surface area contributed by atoms with Gasteiger partial charge in [-0.05, 0) is 58.5 Å². The van der Waals surface area contributed by atoms with Crippen molar-refractivity contribution in [2.45, 2.75) is 0 Å². The number of anilines is 8. The molecule has 0 fully saturated rings. The Morgan fingerprint density at radius 2 is 1.25 bits per heavy atom. The van der Waals surface area contributed by atoms with E-state index in [0.29, 0.717) is 63.8 Å². The number of nitrogen functional groups attached to an aromatic ring is 1. The second-order valence-corrected chi connectivity index (χ2v) is 22.3. The third kappa shape index (κ3) is 15.3. The van der Waals surface area contributed by atoms with Gasteiger partial charge in [0.25, 0.3) is 19.1 Å². The number of nitrogens with zero attached hydrogens (tertiary/aromatic N) is 10. The van der Waals surface area contributed by atoms with Gasteiger partial charge in [0.1, 0.15) is 29.2 Å². The van der Waals surface area contributed by atoms with Gasteiger partial charge in [0, 0.05) is 135 Å². The zero-order valence-corrected chi connectivity index (χ0v) is 47.3. The number of likely N-dealkylation sites (N-methyl/N-ethyl adjacent to an activating group) is 4.